The second kappa shape index (κ2) is 4.95. The Kier molecular flexibility index (Phi) is 4.62. The number of hydrogen-bond acceptors (Lipinski definition) is 4. The molecule has 0 fully saturated rings. The standard InChI is InChI=1S/C8H16N2O2/c1-5(2)7(9-11)8(10-12)6(3)4/h5-8H,1-4H3. The Morgan fingerprint density at radius 3 is 1.08 bits per heavy atom. The fraction of sp³-hybridized carbons (Fsp3) is 1.00. The Balaban J connectivity index is 4.43. The molecule has 2 unspecified atom stereocenters. The molecule has 0 heterocycles. The van der Waals surface area contributed by atoms with E-state index in [4.69, 9.17) is 0 Å². The Hall–Kier alpha value is -0.800. The van der Waals surface area contributed by atoms with Crippen LogP contribution in [0.5, 0.6) is 0 Å². The summed E-state index contributed by atoms with van der Waals surface area (Å²) in [6, 6.07) is -0.968. The summed E-state index contributed by atoms with van der Waals surface area (Å²) in [4.78, 5) is 20.8. The Morgan fingerprint density at radius 2 is 1.00 bits per heavy atom. The highest BCUT2D eigenvalue weighted by Gasteiger charge is 2.29. The molecule has 0 amide bonds. The third kappa shape index (κ3) is 2.68. The smallest absolute Gasteiger partial charge is 0.120 e. The van der Waals surface area contributed by atoms with Gasteiger partial charge >= 0.3 is 0 Å². The maximum absolute atomic E-state index is 10.4. The van der Waals surface area contributed by atoms with E-state index in [1.54, 1.807) is 0 Å². The molecule has 12 heavy (non-hydrogen) atoms. The van der Waals surface area contributed by atoms with Crippen molar-refractivity contribution in [1.29, 1.82) is 0 Å². The van der Waals surface area contributed by atoms with Crippen LogP contribution in [0.4, 0.5) is 0 Å². The number of nitrogens with zero attached hydrogens (tertiary/aromatic N) is 2. The molecule has 0 radical (unpaired) electrons. The highest BCUT2D eigenvalue weighted by atomic mass is 16.3. The van der Waals surface area contributed by atoms with Crippen LogP contribution < -0.4 is 0 Å². The monoisotopic (exact) mass is 172 g/mol. The summed E-state index contributed by atoms with van der Waals surface area (Å²) in [6.07, 6.45) is 0. The van der Waals surface area contributed by atoms with Gasteiger partial charge in [0.2, 0.25) is 0 Å². The third-order valence-corrected chi connectivity index (χ3v) is 1.96. The van der Waals surface area contributed by atoms with Gasteiger partial charge < -0.3 is 0 Å². The third-order valence-electron chi connectivity index (χ3n) is 1.96. The SMILES string of the molecule is CC(C)C(N=O)C(N=O)C(C)C. The van der Waals surface area contributed by atoms with E-state index in [0.717, 1.165) is 0 Å². The maximum atomic E-state index is 10.4. The molecule has 70 valence electrons. The first-order chi connectivity index (χ1) is 5.54. The molecule has 0 aliphatic carbocycles. The fourth-order valence-corrected chi connectivity index (χ4v) is 1.16. The quantitative estimate of drug-likeness (QED) is 0.598. The van der Waals surface area contributed by atoms with Gasteiger partial charge in [0.25, 0.3) is 0 Å². The lowest BCUT2D eigenvalue weighted by atomic mass is 9.90. The molecule has 0 aliphatic heterocycles. The van der Waals surface area contributed by atoms with Gasteiger partial charge in [-0.15, -0.1) is 0 Å². The molecule has 0 aromatic heterocycles. The van der Waals surface area contributed by atoms with Crippen LogP contribution in [0.2, 0.25) is 0 Å². The molecule has 0 rings (SSSR count). The molecule has 0 spiro atoms. The van der Waals surface area contributed by atoms with Gasteiger partial charge in [0, 0.05) is 0 Å². The molecule has 0 aromatic rings. The largest absolute Gasteiger partial charge is 0.150 e. The lowest BCUT2D eigenvalue weighted by Crippen LogP contribution is -2.31. The van der Waals surface area contributed by atoms with E-state index in [1.165, 1.54) is 0 Å². The minimum atomic E-state index is -0.484. The van der Waals surface area contributed by atoms with E-state index < -0.39 is 12.1 Å². The van der Waals surface area contributed by atoms with E-state index in [0.29, 0.717) is 0 Å². The zero-order valence-electron chi connectivity index (χ0n) is 8.02. The van der Waals surface area contributed by atoms with Crippen molar-refractivity contribution in [3.05, 3.63) is 9.81 Å². The normalized spacial score (nSPS) is 16.2. The summed E-state index contributed by atoms with van der Waals surface area (Å²) in [6.45, 7) is 7.47. The van der Waals surface area contributed by atoms with Crippen LogP contribution in [0, 0.1) is 21.6 Å². The maximum Gasteiger partial charge on any atom is 0.120 e. The summed E-state index contributed by atoms with van der Waals surface area (Å²) in [5.41, 5.74) is 0. The topological polar surface area (TPSA) is 58.9 Å². The molecule has 0 aromatic carbocycles. The first kappa shape index (κ1) is 11.2. The van der Waals surface area contributed by atoms with Gasteiger partial charge in [0.15, 0.2) is 0 Å². The van der Waals surface area contributed by atoms with Crippen LogP contribution in [-0.2, 0) is 0 Å². The number of hydrogen-bond donors (Lipinski definition) is 0. The van der Waals surface area contributed by atoms with Gasteiger partial charge in [0.05, 0.1) is 0 Å². The summed E-state index contributed by atoms with van der Waals surface area (Å²) in [5.74, 6) is 0.153. The summed E-state index contributed by atoms with van der Waals surface area (Å²) < 4.78 is 0. The first-order valence-corrected chi connectivity index (χ1v) is 4.19. The van der Waals surface area contributed by atoms with E-state index in [1.807, 2.05) is 27.7 Å². The van der Waals surface area contributed by atoms with Crippen LogP contribution >= 0.6 is 0 Å². The number of rotatable bonds is 5. The zero-order chi connectivity index (χ0) is 9.72. The van der Waals surface area contributed by atoms with E-state index in [2.05, 4.69) is 10.4 Å². The summed E-state index contributed by atoms with van der Waals surface area (Å²) in [5, 5.41) is 5.87. The van der Waals surface area contributed by atoms with Crippen LogP contribution in [0.25, 0.3) is 0 Å². The van der Waals surface area contributed by atoms with Crippen LogP contribution in [0.3, 0.4) is 0 Å². The van der Waals surface area contributed by atoms with Crippen molar-refractivity contribution in [3.8, 4) is 0 Å². The highest BCUT2D eigenvalue weighted by Crippen LogP contribution is 2.19. The molecule has 2 atom stereocenters. The molecule has 0 saturated heterocycles. The Morgan fingerprint density at radius 1 is 0.750 bits per heavy atom. The minimum absolute atomic E-state index is 0.0765. The van der Waals surface area contributed by atoms with Crippen LogP contribution in [0.1, 0.15) is 27.7 Å². The van der Waals surface area contributed by atoms with Crippen molar-refractivity contribution in [2.45, 2.75) is 39.8 Å². The van der Waals surface area contributed by atoms with Gasteiger partial charge in [-0.05, 0) is 11.8 Å². The van der Waals surface area contributed by atoms with E-state index >= 15 is 0 Å². The Labute approximate surface area is 72.7 Å². The lowest BCUT2D eigenvalue weighted by Gasteiger charge is -2.20. The van der Waals surface area contributed by atoms with Gasteiger partial charge in [-0.25, -0.2) is 0 Å². The van der Waals surface area contributed by atoms with Crippen molar-refractivity contribution >= 4 is 0 Å². The second-order valence-corrected chi connectivity index (χ2v) is 3.68. The molecule has 4 nitrogen and oxygen atoms in total. The average molecular weight is 172 g/mol. The predicted molar refractivity (Wildman–Crippen MR) is 48.8 cm³/mol. The van der Waals surface area contributed by atoms with Gasteiger partial charge in [-0.1, -0.05) is 38.0 Å². The van der Waals surface area contributed by atoms with Gasteiger partial charge in [-0.2, -0.15) is 9.81 Å². The highest BCUT2D eigenvalue weighted by molar-refractivity contribution is 4.86. The molecular formula is C8H16N2O2. The molecular weight excluding hydrogens is 156 g/mol. The fourth-order valence-electron chi connectivity index (χ4n) is 1.16. The Bertz CT molecular complexity index is 139. The van der Waals surface area contributed by atoms with Crippen molar-refractivity contribution in [3.63, 3.8) is 0 Å². The summed E-state index contributed by atoms with van der Waals surface area (Å²) >= 11 is 0. The second-order valence-electron chi connectivity index (χ2n) is 3.68. The van der Waals surface area contributed by atoms with Crippen molar-refractivity contribution in [1.82, 2.24) is 0 Å². The molecule has 0 saturated carbocycles. The molecule has 0 N–H and O–H groups in total. The first-order valence-electron chi connectivity index (χ1n) is 4.19. The van der Waals surface area contributed by atoms with Crippen LogP contribution in [-0.4, -0.2) is 12.1 Å². The van der Waals surface area contributed by atoms with Crippen LogP contribution in [0.15, 0.2) is 10.4 Å². The van der Waals surface area contributed by atoms with Crippen molar-refractivity contribution < 1.29 is 0 Å². The lowest BCUT2D eigenvalue weighted by molar-refractivity contribution is 0.348. The molecule has 4 heteroatoms. The summed E-state index contributed by atoms with van der Waals surface area (Å²) in [7, 11) is 0. The predicted octanol–water partition coefficient (Wildman–Crippen LogP) is 2.57. The minimum Gasteiger partial charge on any atom is -0.150 e. The van der Waals surface area contributed by atoms with E-state index in [-0.39, 0.29) is 11.8 Å². The molecule has 0 bridgehead atoms. The van der Waals surface area contributed by atoms with Gasteiger partial charge in [-0.3, -0.25) is 0 Å². The van der Waals surface area contributed by atoms with Crippen molar-refractivity contribution in [2.24, 2.45) is 22.2 Å². The van der Waals surface area contributed by atoms with Gasteiger partial charge in [0.1, 0.15) is 12.1 Å². The van der Waals surface area contributed by atoms with Crippen molar-refractivity contribution in [2.75, 3.05) is 0 Å². The van der Waals surface area contributed by atoms with E-state index in [9.17, 15) is 9.81 Å². The average Bonchev–Trinajstić information content (AvgIpc) is 1.98. The zero-order valence-corrected chi connectivity index (χ0v) is 8.02. The molecule has 0 aliphatic rings. The number of nitroso groups, excluding NO2 is 2.